The Kier molecular flexibility index (Phi) is 8.40. The highest BCUT2D eigenvalue weighted by Crippen LogP contribution is 2.50. The van der Waals surface area contributed by atoms with Crippen LogP contribution in [0.5, 0.6) is 11.5 Å². The van der Waals surface area contributed by atoms with Gasteiger partial charge in [-0.3, -0.25) is 4.79 Å². The normalized spacial score (nSPS) is 17.6. The molecule has 228 valence electrons. The van der Waals surface area contributed by atoms with E-state index >= 15 is 0 Å². The summed E-state index contributed by atoms with van der Waals surface area (Å²) in [6.45, 7) is 0.590. The molecule has 0 spiro atoms. The van der Waals surface area contributed by atoms with Crippen molar-refractivity contribution in [2.24, 2.45) is 0 Å². The second-order valence-electron chi connectivity index (χ2n) is 11.2. The fraction of sp³-hybridized carbons (Fsp3) is 0.294. The summed E-state index contributed by atoms with van der Waals surface area (Å²) >= 11 is 0. The van der Waals surface area contributed by atoms with E-state index in [2.05, 4.69) is 10.3 Å². The van der Waals surface area contributed by atoms with Gasteiger partial charge in [-0.15, -0.1) is 0 Å². The zero-order valence-electron chi connectivity index (χ0n) is 24.5. The summed E-state index contributed by atoms with van der Waals surface area (Å²) in [4.78, 5) is 18.4. The van der Waals surface area contributed by atoms with Gasteiger partial charge >= 0.3 is 0 Å². The maximum atomic E-state index is 13.6. The van der Waals surface area contributed by atoms with E-state index < -0.39 is 15.4 Å². The number of rotatable bonds is 11. The van der Waals surface area contributed by atoms with Crippen molar-refractivity contribution in [1.82, 2.24) is 9.29 Å². The fourth-order valence-corrected chi connectivity index (χ4v) is 7.42. The topological polar surface area (TPSA) is 118 Å². The molecule has 2 aliphatic rings. The molecule has 2 fully saturated rings. The second kappa shape index (κ2) is 12.4. The van der Waals surface area contributed by atoms with Gasteiger partial charge in [0.25, 0.3) is 0 Å². The van der Waals surface area contributed by atoms with Crippen molar-refractivity contribution in [3.05, 3.63) is 102 Å². The molecule has 6 rings (SSSR count). The van der Waals surface area contributed by atoms with Crippen molar-refractivity contribution in [3.63, 3.8) is 0 Å². The Morgan fingerprint density at radius 2 is 1.77 bits per heavy atom. The van der Waals surface area contributed by atoms with Gasteiger partial charge < -0.3 is 19.9 Å². The number of nitrogens with zero attached hydrogens (tertiary/aromatic N) is 2. The number of benzene rings is 3. The molecule has 1 atom stereocenters. The average molecular weight is 614 g/mol. The zero-order valence-corrected chi connectivity index (χ0v) is 25.3. The summed E-state index contributed by atoms with van der Waals surface area (Å²) in [6.07, 6.45) is 2.78. The molecule has 44 heavy (non-hydrogen) atoms. The number of aliphatic hydroxyl groups is 1. The van der Waals surface area contributed by atoms with E-state index in [1.807, 2.05) is 54.6 Å². The molecule has 0 radical (unpaired) electrons. The first kappa shape index (κ1) is 29.8. The van der Waals surface area contributed by atoms with Crippen molar-refractivity contribution in [3.8, 4) is 22.8 Å². The molecule has 0 unspecified atom stereocenters. The highest BCUT2D eigenvalue weighted by atomic mass is 32.2. The summed E-state index contributed by atoms with van der Waals surface area (Å²) in [5, 5.41) is 12.6. The monoisotopic (exact) mass is 613 g/mol. The van der Waals surface area contributed by atoms with Gasteiger partial charge in [-0.1, -0.05) is 54.6 Å². The molecular formula is C34H35N3O6S. The molecule has 4 aromatic rings. The Bertz CT molecular complexity index is 1740. The Hall–Kier alpha value is -4.25. The largest absolute Gasteiger partial charge is 0.493 e. The van der Waals surface area contributed by atoms with Gasteiger partial charge in [-0.2, -0.15) is 4.31 Å². The number of sulfonamides is 1. The summed E-state index contributed by atoms with van der Waals surface area (Å²) in [7, 11) is -2.11. The summed E-state index contributed by atoms with van der Waals surface area (Å²) in [6, 6.07) is 27.0. The average Bonchev–Trinajstić information content (AvgIpc) is 3.73. The van der Waals surface area contributed by atoms with Crippen molar-refractivity contribution in [2.75, 3.05) is 25.6 Å². The molecular weight excluding hydrogens is 578 g/mol. The summed E-state index contributed by atoms with van der Waals surface area (Å²) in [5.74, 6) is 1.44. The number of amides is 1. The van der Waals surface area contributed by atoms with Crippen LogP contribution in [0.2, 0.25) is 0 Å². The summed E-state index contributed by atoms with van der Waals surface area (Å²) < 4.78 is 39.3. The van der Waals surface area contributed by atoms with E-state index in [1.165, 1.54) is 4.31 Å². The smallest absolute Gasteiger partial charge is 0.243 e. The molecule has 1 aliphatic heterocycles. The van der Waals surface area contributed by atoms with Gasteiger partial charge in [0.1, 0.15) is 12.4 Å². The van der Waals surface area contributed by atoms with E-state index in [-0.39, 0.29) is 23.5 Å². The van der Waals surface area contributed by atoms with E-state index in [9.17, 15) is 18.3 Å². The Morgan fingerprint density at radius 3 is 2.48 bits per heavy atom. The maximum Gasteiger partial charge on any atom is 0.243 e. The molecule has 3 aromatic carbocycles. The van der Waals surface area contributed by atoms with Crippen LogP contribution in [0.4, 0.5) is 5.82 Å². The van der Waals surface area contributed by atoms with Crippen molar-refractivity contribution >= 4 is 21.7 Å². The number of aliphatic hydroxyl groups excluding tert-OH is 1. The van der Waals surface area contributed by atoms with Crippen LogP contribution in [-0.2, 0) is 26.8 Å². The molecule has 2 N–H and O–H groups in total. The third-order valence-electron chi connectivity index (χ3n) is 8.42. The number of hydrogen-bond donors (Lipinski definition) is 2. The fourth-order valence-electron chi connectivity index (χ4n) is 5.74. The highest BCUT2D eigenvalue weighted by Gasteiger charge is 2.51. The first-order valence-corrected chi connectivity index (χ1v) is 16.1. The van der Waals surface area contributed by atoms with Gasteiger partial charge in [-0.05, 0) is 73.2 Å². The van der Waals surface area contributed by atoms with Crippen LogP contribution >= 0.6 is 0 Å². The van der Waals surface area contributed by atoms with Crippen LogP contribution in [0.1, 0.15) is 36.8 Å². The van der Waals surface area contributed by atoms with Gasteiger partial charge in [0.05, 0.1) is 29.7 Å². The SMILES string of the molecule is COc1ccc(C2(C(=O)Nc3cccc(-c4ccc(S(=O)(=O)N5CCC[C@@H]5CO)cc4)n3)CC2)cc1OCc1ccccc1. The van der Waals surface area contributed by atoms with Crippen molar-refractivity contribution in [1.29, 1.82) is 0 Å². The predicted octanol–water partition coefficient (Wildman–Crippen LogP) is 5.15. The number of anilines is 1. The molecule has 1 saturated heterocycles. The van der Waals surface area contributed by atoms with Gasteiger partial charge in [0.15, 0.2) is 11.5 Å². The molecule has 1 saturated carbocycles. The van der Waals surface area contributed by atoms with E-state index in [1.54, 1.807) is 43.5 Å². The number of carbonyl (C=O) groups excluding carboxylic acids is 1. The molecule has 2 heterocycles. The Labute approximate surface area is 257 Å². The lowest BCUT2D eigenvalue weighted by Gasteiger charge is -2.22. The van der Waals surface area contributed by atoms with Gasteiger partial charge in [0.2, 0.25) is 15.9 Å². The number of hydrogen-bond acceptors (Lipinski definition) is 7. The highest BCUT2D eigenvalue weighted by molar-refractivity contribution is 7.89. The van der Waals surface area contributed by atoms with E-state index in [0.29, 0.717) is 55.4 Å². The van der Waals surface area contributed by atoms with Crippen LogP contribution in [0.15, 0.2) is 95.9 Å². The minimum absolute atomic E-state index is 0.146. The Morgan fingerprint density at radius 1 is 1.00 bits per heavy atom. The molecule has 9 nitrogen and oxygen atoms in total. The third kappa shape index (κ3) is 5.93. The first-order chi connectivity index (χ1) is 21.3. The van der Waals surface area contributed by atoms with Crippen LogP contribution in [0.25, 0.3) is 11.3 Å². The van der Waals surface area contributed by atoms with Gasteiger partial charge in [-0.25, -0.2) is 13.4 Å². The number of carbonyl (C=O) groups is 1. The zero-order chi connectivity index (χ0) is 30.7. The lowest BCUT2D eigenvalue weighted by Crippen LogP contribution is -2.37. The quantitative estimate of drug-likeness (QED) is 0.240. The van der Waals surface area contributed by atoms with Gasteiger partial charge in [0, 0.05) is 18.2 Å². The minimum Gasteiger partial charge on any atom is -0.493 e. The number of aromatic nitrogens is 1. The minimum atomic E-state index is -3.71. The number of nitrogens with one attached hydrogen (secondary N) is 1. The first-order valence-electron chi connectivity index (χ1n) is 14.7. The van der Waals surface area contributed by atoms with Crippen LogP contribution in [0.3, 0.4) is 0 Å². The molecule has 1 aromatic heterocycles. The van der Waals surface area contributed by atoms with Crippen molar-refractivity contribution < 1.29 is 27.8 Å². The van der Waals surface area contributed by atoms with Crippen LogP contribution in [0, 0.1) is 0 Å². The molecule has 0 bridgehead atoms. The predicted molar refractivity (Wildman–Crippen MR) is 167 cm³/mol. The van der Waals surface area contributed by atoms with Crippen molar-refractivity contribution in [2.45, 2.75) is 48.6 Å². The standard InChI is InChI=1S/C34H35N3O6S/c1-42-30-17-14-26(21-31(30)43-23-24-7-3-2-4-8-24)34(18-19-34)33(39)36-32-11-5-10-29(35-32)25-12-15-28(16-13-25)44(40,41)37-20-6-9-27(37)22-38/h2-5,7-8,10-17,21,27,38H,6,9,18-20,22-23H2,1H3,(H,35,36,39)/t27-/m1/s1. The number of methoxy groups -OCH3 is 1. The molecule has 1 aliphatic carbocycles. The summed E-state index contributed by atoms with van der Waals surface area (Å²) in [5.41, 5.74) is 2.52. The number of ether oxygens (including phenoxy) is 2. The van der Waals surface area contributed by atoms with Crippen LogP contribution < -0.4 is 14.8 Å². The van der Waals surface area contributed by atoms with Crippen LogP contribution in [-0.4, -0.2) is 55.0 Å². The second-order valence-corrected chi connectivity index (χ2v) is 13.1. The lowest BCUT2D eigenvalue weighted by atomic mass is 9.94. The Balaban J connectivity index is 1.17. The van der Waals surface area contributed by atoms with E-state index in [4.69, 9.17) is 9.47 Å². The molecule has 10 heteroatoms. The molecule has 1 amide bonds. The third-order valence-corrected chi connectivity index (χ3v) is 10.4. The lowest BCUT2D eigenvalue weighted by molar-refractivity contribution is -0.118. The number of pyridine rings is 1. The van der Waals surface area contributed by atoms with E-state index in [0.717, 1.165) is 23.1 Å². The maximum absolute atomic E-state index is 13.6.